The largest absolute Gasteiger partial charge is 0.464 e. The van der Waals surface area contributed by atoms with Crippen LogP contribution in [0.5, 0.6) is 0 Å². The van der Waals surface area contributed by atoms with E-state index >= 15 is 0 Å². The van der Waals surface area contributed by atoms with E-state index in [2.05, 4.69) is 5.32 Å². The van der Waals surface area contributed by atoms with Crippen LogP contribution in [0, 0.1) is 0 Å². The van der Waals surface area contributed by atoms with Crippen molar-refractivity contribution in [3.8, 4) is 0 Å². The molecule has 0 unspecified atom stereocenters. The Balaban J connectivity index is 5.35. The van der Waals surface area contributed by atoms with E-state index in [9.17, 15) is 14.4 Å². The van der Waals surface area contributed by atoms with Crippen LogP contribution in [-0.2, 0) is 23.9 Å². The van der Waals surface area contributed by atoms with Crippen molar-refractivity contribution < 1.29 is 23.9 Å². The summed E-state index contributed by atoms with van der Waals surface area (Å²) in [5.74, 6) is -1.53. The fourth-order valence-electron chi connectivity index (χ4n) is 1.52. The third-order valence-corrected chi connectivity index (χ3v) is 2.93. The Kier molecular flexibility index (Phi) is 8.22. The third kappa shape index (κ3) is 5.10. The molecular formula is C12H21NO5S. The Morgan fingerprint density at radius 1 is 1.11 bits per heavy atom. The van der Waals surface area contributed by atoms with E-state index < -0.39 is 23.4 Å². The second-order valence-corrected chi connectivity index (χ2v) is 4.76. The highest BCUT2D eigenvalue weighted by Crippen LogP contribution is 2.18. The van der Waals surface area contributed by atoms with Crippen LogP contribution in [0.3, 0.4) is 0 Å². The summed E-state index contributed by atoms with van der Waals surface area (Å²) in [6.45, 7) is 4.76. The molecule has 0 saturated heterocycles. The SMILES string of the molecule is CCOC(=O)C(CCSC)(NC(C)=O)C(=O)OCC. The van der Waals surface area contributed by atoms with Gasteiger partial charge in [-0.05, 0) is 25.9 Å². The lowest BCUT2D eigenvalue weighted by Gasteiger charge is -2.29. The van der Waals surface area contributed by atoms with Gasteiger partial charge in [0.1, 0.15) is 0 Å². The zero-order valence-corrected chi connectivity index (χ0v) is 12.6. The molecule has 0 bridgehead atoms. The zero-order chi connectivity index (χ0) is 14.9. The molecule has 6 nitrogen and oxygen atoms in total. The molecule has 19 heavy (non-hydrogen) atoms. The Bertz CT molecular complexity index is 314. The van der Waals surface area contributed by atoms with Crippen molar-refractivity contribution in [2.45, 2.75) is 32.7 Å². The number of carbonyl (C=O) groups is 3. The standard InChI is InChI=1S/C12H21NO5S/c1-5-17-10(15)12(7-8-19-4,13-9(3)14)11(16)18-6-2/h5-8H2,1-4H3,(H,13,14). The minimum atomic E-state index is -1.75. The van der Waals surface area contributed by atoms with Crippen LogP contribution < -0.4 is 5.32 Å². The predicted octanol–water partition coefficient (Wildman–Crippen LogP) is 0.741. The van der Waals surface area contributed by atoms with E-state index in [4.69, 9.17) is 9.47 Å². The summed E-state index contributed by atoms with van der Waals surface area (Å²) in [5, 5.41) is 2.40. The van der Waals surface area contributed by atoms with Gasteiger partial charge < -0.3 is 14.8 Å². The molecule has 1 N–H and O–H groups in total. The molecule has 0 aliphatic rings. The minimum absolute atomic E-state index is 0.124. The van der Waals surface area contributed by atoms with Gasteiger partial charge in [-0.25, -0.2) is 9.59 Å². The van der Waals surface area contributed by atoms with Crippen molar-refractivity contribution in [2.24, 2.45) is 0 Å². The molecule has 0 rings (SSSR count). The molecule has 0 radical (unpaired) electrons. The molecule has 0 saturated carbocycles. The van der Waals surface area contributed by atoms with E-state index in [0.29, 0.717) is 5.75 Å². The average molecular weight is 291 g/mol. The molecule has 0 spiro atoms. The number of hydrogen-bond acceptors (Lipinski definition) is 6. The summed E-state index contributed by atoms with van der Waals surface area (Å²) in [6, 6.07) is 0. The quantitative estimate of drug-likeness (QED) is 0.525. The minimum Gasteiger partial charge on any atom is -0.464 e. The van der Waals surface area contributed by atoms with Crippen molar-refractivity contribution in [2.75, 3.05) is 25.2 Å². The van der Waals surface area contributed by atoms with Gasteiger partial charge in [-0.2, -0.15) is 11.8 Å². The Labute approximate surface area is 117 Å². The lowest BCUT2D eigenvalue weighted by Crippen LogP contribution is -2.61. The molecule has 0 aliphatic carbocycles. The molecular weight excluding hydrogens is 270 g/mol. The van der Waals surface area contributed by atoms with Crippen LogP contribution in [0.4, 0.5) is 0 Å². The van der Waals surface area contributed by atoms with Crippen LogP contribution in [0.25, 0.3) is 0 Å². The van der Waals surface area contributed by atoms with E-state index in [0.717, 1.165) is 0 Å². The van der Waals surface area contributed by atoms with E-state index in [-0.39, 0.29) is 19.6 Å². The van der Waals surface area contributed by atoms with Gasteiger partial charge in [-0.1, -0.05) is 0 Å². The fraction of sp³-hybridized carbons (Fsp3) is 0.750. The van der Waals surface area contributed by atoms with Gasteiger partial charge in [0, 0.05) is 13.3 Å². The van der Waals surface area contributed by atoms with E-state index in [1.165, 1.54) is 18.7 Å². The first-order chi connectivity index (χ1) is 8.94. The van der Waals surface area contributed by atoms with Crippen molar-refractivity contribution >= 4 is 29.6 Å². The number of thioether (sulfide) groups is 1. The van der Waals surface area contributed by atoms with Crippen molar-refractivity contribution in [3.05, 3.63) is 0 Å². The first-order valence-corrected chi connectivity index (χ1v) is 7.46. The smallest absolute Gasteiger partial charge is 0.343 e. The van der Waals surface area contributed by atoms with Gasteiger partial charge in [-0.3, -0.25) is 4.79 Å². The van der Waals surface area contributed by atoms with Crippen LogP contribution in [-0.4, -0.2) is 48.6 Å². The number of ether oxygens (including phenoxy) is 2. The normalized spacial score (nSPS) is 10.7. The molecule has 0 aliphatic heterocycles. The predicted molar refractivity (Wildman–Crippen MR) is 72.8 cm³/mol. The van der Waals surface area contributed by atoms with Crippen molar-refractivity contribution in [3.63, 3.8) is 0 Å². The topological polar surface area (TPSA) is 81.7 Å². The fourth-order valence-corrected chi connectivity index (χ4v) is 2.03. The maximum absolute atomic E-state index is 12.1. The second kappa shape index (κ2) is 8.79. The first-order valence-electron chi connectivity index (χ1n) is 6.06. The summed E-state index contributed by atoms with van der Waals surface area (Å²) < 4.78 is 9.82. The lowest BCUT2D eigenvalue weighted by molar-refractivity contribution is -0.168. The summed E-state index contributed by atoms with van der Waals surface area (Å²) in [4.78, 5) is 35.5. The zero-order valence-electron chi connectivity index (χ0n) is 11.8. The number of rotatable bonds is 8. The number of esters is 2. The number of carbonyl (C=O) groups excluding carboxylic acids is 3. The maximum Gasteiger partial charge on any atom is 0.343 e. The average Bonchev–Trinajstić information content (AvgIpc) is 2.34. The van der Waals surface area contributed by atoms with Crippen LogP contribution >= 0.6 is 11.8 Å². The number of nitrogens with one attached hydrogen (secondary N) is 1. The number of hydrogen-bond donors (Lipinski definition) is 1. The summed E-state index contributed by atoms with van der Waals surface area (Å²) in [5.41, 5.74) is -1.75. The first kappa shape index (κ1) is 17.8. The highest BCUT2D eigenvalue weighted by atomic mass is 32.2. The highest BCUT2D eigenvalue weighted by Gasteiger charge is 2.49. The van der Waals surface area contributed by atoms with Crippen LogP contribution in [0.15, 0.2) is 0 Å². The van der Waals surface area contributed by atoms with Gasteiger partial charge in [0.2, 0.25) is 11.4 Å². The summed E-state index contributed by atoms with van der Waals surface area (Å²) in [6.07, 6.45) is 1.97. The lowest BCUT2D eigenvalue weighted by atomic mass is 9.96. The summed E-state index contributed by atoms with van der Waals surface area (Å²) >= 11 is 1.46. The van der Waals surface area contributed by atoms with E-state index in [1.54, 1.807) is 13.8 Å². The molecule has 110 valence electrons. The van der Waals surface area contributed by atoms with E-state index in [1.807, 2.05) is 6.26 Å². The van der Waals surface area contributed by atoms with Gasteiger partial charge in [0.15, 0.2) is 0 Å². The highest BCUT2D eigenvalue weighted by molar-refractivity contribution is 7.98. The Morgan fingerprint density at radius 3 is 1.89 bits per heavy atom. The molecule has 0 aromatic heterocycles. The van der Waals surface area contributed by atoms with Crippen molar-refractivity contribution in [1.82, 2.24) is 5.32 Å². The molecule has 0 aromatic carbocycles. The van der Waals surface area contributed by atoms with Gasteiger partial charge >= 0.3 is 11.9 Å². The molecule has 7 heteroatoms. The maximum atomic E-state index is 12.1. The molecule has 1 amide bonds. The third-order valence-electron chi connectivity index (χ3n) is 2.32. The van der Waals surface area contributed by atoms with Gasteiger partial charge in [0.25, 0.3) is 0 Å². The molecule has 0 atom stereocenters. The Morgan fingerprint density at radius 2 is 1.58 bits per heavy atom. The van der Waals surface area contributed by atoms with Gasteiger partial charge in [-0.15, -0.1) is 0 Å². The monoisotopic (exact) mass is 291 g/mol. The molecule has 0 heterocycles. The summed E-state index contributed by atoms with van der Waals surface area (Å²) in [7, 11) is 0. The Hall–Kier alpha value is -1.24. The molecule has 0 aromatic rings. The van der Waals surface area contributed by atoms with Crippen LogP contribution in [0.1, 0.15) is 27.2 Å². The second-order valence-electron chi connectivity index (χ2n) is 3.77. The van der Waals surface area contributed by atoms with Gasteiger partial charge in [0.05, 0.1) is 13.2 Å². The molecule has 0 fully saturated rings. The number of amides is 1. The van der Waals surface area contributed by atoms with Crippen LogP contribution in [0.2, 0.25) is 0 Å². The van der Waals surface area contributed by atoms with Crippen molar-refractivity contribution in [1.29, 1.82) is 0 Å².